The van der Waals surface area contributed by atoms with Crippen molar-refractivity contribution in [2.45, 2.75) is 44.7 Å². The molecule has 2 aromatic rings. The van der Waals surface area contributed by atoms with Crippen molar-refractivity contribution in [1.82, 2.24) is 9.97 Å². The molecule has 2 N–H and O–H groups in total. The van der Waals surface area contributed by atoms with Crippen molar-refractivity contribution in [1.29, 1.82) is 0 Å². The van der Waals surface area contributed by atoms with E-state index in [4.69, 9.17) is 0 Å². The number of benzene rings is 1. The molecule has 0 radical (unpaired) electrons. The summed E-state index contributed by atoms with van der Waals surface area (Å²) in [4.78, 5) is 33.5. The summed E-state index contributed by atoms with van der Waals surface area (Å²) in [6.45, 7) is 6.23. The number of fused-ring (bicyclic) bond motifs is 1. The molecule has 2 heterocycles. The van der Waals surface area contributed by atoms with E-state index in [1.54, 1.807) is 0 Å². The van der Waals surface area contributed by atoms with E-state index in [0.717, 1.165) is 28.8 Å². The number of Topliss-reactive ketones (excluding diaryl/α,β-unsaturated/α-hetero) is 1. The molecule has 1 aliphatic heterocycles. The van der Waals surface area contributed by atoms with Gasteiger partial charge in [0.05, 0.1) is 5.56 Å². The number of hydrogen-bond donors (Lipinski definition) is 2. The van der Waals surface area contributed by atoms with Crippen LogP contribution in [0, 0.1) is 12.3 Å². The molecular weight excluding hydrogens is 358 g/mol. The van der Waals surface area contributed by atoms with Crippen LogP contribution in [0.2, 0.25) is 0 Å². The highest BCUT2D eigenvalue weighted by atomic mass is 32.2. The highest BCUT2D eigenvalue weighted by Gasteiger charge is 2.42. The quantitative estimate of drug-likeness (QED) is 0.607. The molecule has 140 valence electrons. The third-order valence-electron chi connectivity index (χ3n) is 5.27. The van der Waals surface area contributed by atoms with E-state index >= 15 is 0 Å². The fourth-order valence-corrected chi connectivity index (χ4v) is 4.55. The van der Waals surface area contributed by atoms with E-state index in [1.165, 1.54) is 11.8 Å². The minimum absolute atomic E-state index is 0.110. The molecule has 4 rings (SSSR count). The largest absolute Gasteiger partial charge is 0.343 e. The van der Waals surface area contributed by atoms with Crippen molar-refractivity contribution in [3.63, 3.8) is 0 Å². The van der Waals surface area contributed by atoms with Crippen LogP contribution in [0.1, 0.15) is 49.3 Å². The molecule has 1 atom stereocenters. The zero-order valence-corrected chi connectivity index (χ0v) is 16.8. The number of nitrogens with one attached hydrogen (secondary N) is 2. The Kier molecular flexibility index (Phi) is 4.26. The molecule has 1 unspecified atom stereocenters. The van der Waals surface area contributed by atoms with Crippen LogP contribution >= 0.6 is 11.8 Å². The normalized spacial score (nSPS) is 20.7. The van der Waals surface area contributed by atoms with Crippen LogP contribution in [-0.4, -0.2) is 22.0 Å². The molecule has 1 aromatic carbocycles. The van der Waals surface area contributed by atoms with E-state index in [2.05, 4.69) is 35.2 Å². The molecule has 0 fully saturated rings. The molecular formula is C21H23N3O2S. The number of aromatic amines is 1. The maximum atomic E-state index is 13.1. The molecule has 0 saturated carbocycles. The Morgan fingerprint density at radius 1 is 1.22 bits per heavy atom. The molecule has 6 heteroatoms. The summed E-state index contributed by atoms with van der Waals surface area (Å²) in [5.74, 6) is 0.296. The van der Waals surface area contributed by atoms with Crippen LogP contribution in [0.15, 0.2) is 45.5 Å². The zero-order valence-electron chi connectivity index (χ0n) is 16.0. The van der Waals surface area contributed by atoms with E-state index < -0.39 is 0 Å². The van der Waals surface area contributed by atoms with Gasteiger partial charge in [-0.3, -0.25) is 9.59 Å². The number of ketones is 1. The van der Waals surface area contributed by atoms with Crippen LogP contribution in [-0.2, 0) is 4.79 Å². The molecule has 0 spiro atoms. The number of nitrogens with zero attached hydrogens (tertiary/aromatic N) is 1. The highest BCUT2D eigenvalue weighted by molar-refractivity contribution is 7.98. The van der Waals surface area contributed by atoms with Gasteiger partial charge in [0.15, 0.2) is 10.9 Å². The van der Waals surface area contributed by atoms with Gasteiger partial charge in [-0.05, 0) is 30.6 Å². The number of rotatable bonds is 2. The van der Waals surface area contributed by atoms with Crippen molar-refractivity contribution in [2.75, 3.05) is 11.6 Å². The molecule has 5 nitrogen and oxygen atoms in total. The van der Waals surface area contributed by atoms with Gasteiger partial charge in [0.25, 0.3) is 5.56 Å². The number of hydrogen-bond acceptors (Lipinski definition) is 5. The maximum absolute atomic E-state index is 13.1. The number of carbonyl (C=O) groups is 1. The minimum atomic E-state index is -0.382. The van der Waals surface area contributed by atoms with Gasteiger partial charge < -0.3 is 10.3 Å². The maximum Gasteiger partial charge on any atom is 0.257 e. The van der Waals surface area contributed by atoms with Crippen molar-refractivity contribution in [3.05, 3.63) is 62.6 Å². The monoisotopic (exact) mass is 381 g/mol. The molecule has 2 aliphatic rings. The van der Waals surface area contributed by atoms with E-state index in [1.807, 2.05) is 31.4 Å². The first kappa shape index (κ1) is 18.0. The fourth-order valence-electron chi connectivity index (χ4n) is 4.17. The van der Waals surface area contributed by atoms with Crippen molar-refractivity contribution in [2.24, 2.45) is 5.41 Å². The van der Waals surface area contributed by atoms with Crippen LogP contribution in [0.3, 0.4) is 0 Å². The predicted octanol–water partition coefficient (Wildman–Crippen LogP) is 4.00. The van der Waals surface area contributed by atoms with Gasteiger partial charge in [-0.25, -0.2) is 4.98 Å². The lowest BCUT2D eigenvalue weighted by Crippen LogP contribution is -2.37. The van der Waals surface area contributed by atoms with Crippen molar-refractivity contribution >= 4 is 23.4 Å². The van der Waals surface area contributed by atoms with Crippen LogP contribution in [0.5, 0.6) is 0 Å². The van der Waals surface area contributed by atoms with Crippen LogP contribution in [0.4, 0.5) is 5.82 Å². The van der Waals surface area contributed by atoms with Crippen molar-refractivity contribution < 1.29 is 4.79 Å². The number of aromatic nitrogens is 2. The summed E-state index contributed by atoms with van der Waals surface area (Å²) in [6, 6.07) is 8.04. The van der Waals surface area contributed by atoms with Gasteiger partial charge in [-0.2, -0.15) is 0 Å². The van der Waals surface area contributed by atoms with Crippen molar-refractivity contribution in [3.8, 4) is 0 Å². The first-order chi connectivity index (χ1) is 12.8. The van der Waals surface area contributed by atoms with Crippen LogP contribution in [0.25, 0.3) is 0 Å². The van der Waals surface area contributed by atoms with Gasteiger partial charge >= 0.3 is 0 Å². The molecule has 27 heavy (non-hydrogen) atoms. The lowest BCUT2D eigenvalue weighted by atomic mass is 9.69. The van der Waals surface area contributed by atoms with Gasteiger partial charge in [0.1, 0.15) is 5.82 Å². The van der Waals surface area contributed by atoms with Gasteiger partial charge in [-0.1, -0.05) is 55.4 Å². The summed E-state index contributed by atoms with van der Waals surface area (Å²) < 4.78 is 0. The molecule has 0 saturated heterocycles. The summed E-state index contributed by atoms with van der Waals surface area (Å²) in [7, 11) is 0. The summed E-state index contributed by atoms with van der Waals surface area (Å²) in [5.41, 5.74) is 3.92. The molecule has 0 amide bonds. The Morgan fingerprint density at radius 2 is 2.00 bits per heavy atom. The van der Waals surface area contributed by atoms with Gasteiger partial charge in [-0.15, -0.1) is 0 Å². The average molecular weight is 382 g/mol. The third-order valence-corrected chi connectivity index (χ3v) is 5.85. The Morgan fingerprint density at radius 3 is 2.70 bits per heavy atom. The Labute approximate surface area is 162 Å². The fraction of sp³-hybridized carbons (Fsp3) is 0.381. The lowest BCUT2D eigenvalue weighted by Gasteiger charge is -2.38. The number of thioether (sulfide) groups is 1. The Bertz CT molecular complexity index is 1040. The number of carbonyl (C=O) groups excluding carboxylic acids is 1. The molecule has 1 aromatic heterocycles. The first-order valence-electron chi connectivity index (χ1n) is 9.07. The number of anilines is 1. The second kappa shape index (κ2) is 6.37. The Hall–Kier alpha value is -2.34. The third kappa shape index (κ3) is 3.12. The second-order valence-corrected chi connectivity index (χ2v) is 8.94. The topological polar surface area (TPSA) is 74.8 Å². The first-order valence-corrected chi connectivity index (χ1v) is 10.3. The van der Waals surface area contributed by atoms with Gasteiger partial charge in [0, 0.05) is 23.6 Å². The average Bonchev–Trinajstić information content (AvgIpc) is 2.58. The number of aryl methyl sites for hydroxylation is 1. The summed E-state index contributed by atoms with van der Waals surface area (Å²) >= 11 is 1.40. The summed E-state index contributed by atoms with van der Waals surface area (Å²) in [5, 5.41) is 3.90. The minimum Gasteiger partial charge on any atom is -0.343 e. The smallest absolute Gasteiger partial charge is 0.257 e. The lowest BCUT2D eigenvalue weighted by molar-refractivity contribution is -0.118. The molecule has 0 bridgehead atoms. The standard InChI is InChI=1S/C21H23N3O2S/c1-11-6-5-7-12(8-11)15-16-13(9-21(2,3)10-14(16)25)22-18-17(15)19(26)24-20(23-18)27-4/h5-8,15H,9-10H2,1-4H3,(H2,22,23,24,26). The highest BCUT2D eigenvalue weighted by Crippen LogP contribution is 2.47. The van der Waals surface area contributed by atoms with Crippen LogP contribution < -0.4 is 10.9 Å². The summed E-state index contributed by atoms with van der Waals surface area (Å²) in [6.07, 6.45) is 3.13. The predicted molar refractivity (Wildman–Crippen MR) is 108 cm³/mol. The Balaban J connectivity index is 1.99. The van der Waals surface area contributed by atoms with E-state index in [9.17, 15) is 9.59 Å². The van der Waals surface area contributed by atoms with Gasteiger partial charge in [0.2, 0.25) is 0 Å². The second-order valence-electron chi connectivity index (χ2n) is 8.14. The number of H-pyrrole nitrogens is 1. The SMILES string of the molecule is CSc1nc2c(c(=O)[nH]1)C(c1cccc(C)c1)C1=C(CC(C)(C)CC1=O)N2. The number of allylic oxidation sites excluding steroid dienone is 2. The zero-order chi connectivity index (χ0) is 19.3. The van der Waals surface area contributed by atoms with E-state index in [0.29, 0.717) is 23.0 Å². The van der Waals surface area contributed by atoms with E-state index in [-0.39, 0.29) is 22.7 Å². The molecule has 1 aliphatic carbocycles.